The lowest BCUT2D eigenvalue weighted by atomic mass is 10.1. The van der Waals surface area contributed by atoms with Gasteiger partial charge in [0.15, 0.2) is 0 Å². The molecule has 0 amide bonds. The molecule has 0 bridgehead atoms. The second-order valence-corrected chi connectivity index (χ2v) is 6.11. The smallest absolute Gasteiger partial charge is 0.0362 e. The summed E-state index contributed by atoms with van der Waals surface area (Å²) in [5.41, 5.74) is 6.02. The zero-order chi connectivity index (χ0) is 10.6. The molecular weight excluding hydrogens is 196 g/mol. The van der Waals surface area contributed by atoms with Crippen LogP contribution in [0.5, 0.6) is 0 Å². The van der Waals surface area contributed by atoms with E-state index in [1.807, 2.05) is 0 Å². The van der Waals surface area contributed by atoms with Gasteiger partial charge in [-0.1, -0.05) is 13.8 Å². The van der Waals surface area contributed by atoms with E-state index in [2.05, 4.69) is 18.7 Å². The third-order valence-electron chi connectivity index (χ3n) is 2.81. The van der Waals surface area contributed by atoms with E-state index in [1.165, 1.54) is 0 Å². The van der Waals surface area contributed by atoms with Gasteiger partial charge in [-0.3, -0.25) is 4.21 Å². The monoisotopic (exact) mass is 218 g/mol. The van der Waals surface area contributed by atoms with Crippen molar-refractivity contribution in [2.24, 2.45) is 11.7 Å². The molecule has 0 aromatic heterocycles. The van der Waals surface area contributed by atoms with Crippen LogP contribution in [0.2, 0.25) is 0 Å². The van der Waals surface area contributed by atoms with Crippen LogP contribution in [-0.4, -0.2) is 46.3 Å². The summed E-state index contributed by atoms with van der Waals surface area (Å²) in [7, 11) is -0.586. The summed E-state index contributed by atoms with van der Waals surface area (Å²) in [6.07, 6.45) is 1.05. The first-order valence-electron chi connectivity index (χ1n) is 5.42. The highest BCUT2D eigenvalue weighted by atomic mass is 32.2. The van der Waals surface area contributed by atoms with Crippen LogP contribution in [0.4, 0.5) is 0 Å². The molecule has 0 aliphatic carbocycles. The molecule has 84 valence electrons. The molecule has 0 radical (unpaired) electrons. The fourth-order valence-electron chi connectivity index (χ4n) is 1.59. The van der Waals surface area contributed by atoms with Crippen LogP contribution >= 0.6 is 0 Å². The molecule has 1 heterocycles. The van der Waals surface area contributed by atoms with E-state index in [9.17, 15) is 4.21 Å². The first-order valence-corrected chi connectivity index (χ1v) is 6.91. The number of hydrogen-bond acceptors (Lipinski definition) is 3. The molecule has 0 aromatic rings. The largest absolute Gasteiger partial charge is 0.326 e. The van der Waals surface area contributed by atoms with E-state index in [4.69, 9.17) is 5.73 Å². The minimum atomic E-state index is -0.586. The van der Waals surface area contributed by atoms with E-state index >= 15 is 0 Å². The Labute approximate surface area is 89.5 Å². The van der Waals surface area contributed by atoms with Gasteiger partial charge in [0.05, 0.1) is 0 Å². The Kier molecular flexibility index (Phi) is 5.06. The second kappa shape index (κ2) is 5.83. The molecule has 0 aromatic carbocycles. The Balaban J connectivity index is 2.33. The first-order chi connectivity index (χ1) is 6.59. The lowest BCUT2D eigenvalue weighted by Gasteiger charge is -2.25. The van der Waals surface area contributed by atoms with Gasteiger partial charge < -0.3 is 10.6 Å². The molecule has 1 aliphatic heterocycles. The topological polar surface area (TPSA) is 46.3 Å². The molecule has 0 saturated carbocycles. The van der Waals surface area contributed by atoms with Crippen molar-refractivity contribution in [3.05, 3.63) is 0 Å². The third kappa shape index (κ3) is 4.07. The summed E-state index contributed by atoms with van der Waals surface area (Å²) in [6, 6.07) is 0.251. The molecule has 2 N–H and O–H groups in total. The minimum Gasteiger partial charge on any atom is -0.326 e. The van der Waals surface area contributed by atoms with E-state index in [-0.39, 0.29) is 6.04 Å². The van der Waals surface area contributed by atoms with Crippen molar-refractivity contribution in [3.8, 4) is 0 Å². The molecule has 1 rings (SSSR count). The second-order valence-electron chi connectivity index (χ2n) is 4.41. The Morgan fingerprint density at radius 2 is 2.07 bits per heavy atom. The normalized spacial score (nSPS) is 27.6. The molecule has 4 heteroatoms. The minimum absolute atomic E-state index is 0.251. The van der Waals surface area contributed by atoms with E-state index in [0.29, 0.717) is 5.92 Å². The third-order valence-corrected chi connectivity index (χ3v) is 4.19. The predicted octanol–water partition coefficient (Wildman–Crippen LogP) is 0.424. The van der Waals surface area contributed by atoms with Gasteiger partial charge in [-0.05, 0) is 18.9 Å². The Hall–Kier alpha value is 0.0700. The van der Waals surface area contributed by atoms with Gasteiger partial charge in [-0.2, -0.15) is 0 Å². The SMILES string of the molecule is CC(C)C(N)CN1CCCS(=O)CC1. The van der Waals surface area contributed by atoms with Gasteiger partial charge in [0.25, 0.3) is 0 Å². The van der Waals surface area contributed by atoms with Crippen LogP contribution in [0.3, 0.4) is 0 Å². The van der Waals surface area contributed by atoms with Crippen LogP contribution < -0.4 is 5.73 Å². The molecule has 3 nitrogen and oxygen atoms in total. The quantitative estimate of drug-likeness (QED) is 0.747. The number of nitrogens with two attached hydrogens (primary N) is 1. The van der Waals surface area contributed by atoms with Crippen molar-refractivity contribution < 1.29 is 4.21 Å². The molecule has 2 atom stereocenters. The molecule has 0 spiro atoms. The van der Waals surface area contributed by atoms with E-state index in [0.717, 1.165) is 37.6 Å². The fraction of sp³-hybridized carbons (Fsp3) is 1.00. The van der Waals surface area contributed by atoms with E-state index < -0.39 is 10.8 Å². The summed E-state index contributed by atoms with van der Waals surface area (Å²) in [5, 5.41) is 0. The summed E-state index contributed by atoms with van der Waals surface area (Å²) < 4.78 is 11.3. The molecule has 2 unspecified atom stereocenters. The van der Waals surface area contributed by atoms with Crippen LogP contribution in [0, 0.1) is 5.92 Å². The zero-order valence-electron chi connectivity index (χ0n) is 9.24. The van der Waals surface area contributed by atoms with Gasteiger partial charge in [0.1, 0.15) is 0 Å². The summed E-state index contributed by atoms with van der Waals surface area (Å²) in [5.74, 6) is 2.22. The van der Waals surface area contributed by atoms with Crippen molar-refractivity contribution in [1.29, 1.82) is 0 Å². The van der Waals surface area contributed by atoms with Crippen molar-refractivity contribution in [1.82, 2.24) is 4.90 Å². The standard InChI is InChI=1S/C10H22N2OS/c1-9(2)10(11)8-12-4-3-6-14(13)7-5-12/h9-10H,3-8,11H2,1-2H3. The van der Waals surface area contributed by atoms with Crippen LogP contribution in [0.15, 0.2) is 0 Å². The Morgan fingerprint density at radius 1 is 1.36 bits per heavy atom. The summed E-state index contributed by atoms with van der Waals surface area (Å²) in [4.78, 5) is 2.36. The maximum absolute atomic E-state index is 11.3. The lowest BCUT2D eigenvalue weighted by Crippen LogP contribution is -2.41. The summed E-state index contributed by atoms with van der Waals surface area (Å²) >= 11 is 0. The maximum Gasteiger partial charge on any atom is 0.0362 e. The fourth-order valence-corrected chi connectivity index (χ4v) is 2.70. The van der Waals surface area contributed by atoms with Gasteiger partial charge in [0, 0.05) is 41.4 Å². The van der Waals surface area contributed by atoms with Crippen LogP contribution in [0.25, 0.3) is 0 Å². The first kappa shape index (κ1) is 12.1. The molecule has 1 saturated heterocycles. The van der Waals surface area contributed by atoms with Gasteiger partial charge in [-0.15, -0.1) is 0 Å². The average molecular weight is 218 g/mol. The molecule has 1 fully saturated rings. The zero-order valence-corrected chi connectivity index (χ0v) is 10.1. The highest BCUT2D eigenvalue weighted by Gasteiger charge is 2.16. The lowest BCUT2D eigenvalue weighted by molar-refractivity contribution is 0.254. The van der Waals surface area contributed by atoms with Gasteiger partial charge in [0.2, 0.25) is 0 Å². The van der Waals surface area contributed by atoms with Crippen LogP contribution in [0.1, 0.15) is 20.3 Å². The van der Waals surface area contributed by atoms with E-state index in [1.54, 1.807) is 0 Å². The van der Waals surface area contributed by atoms with Crippen molar-refractivity contribution in [2.45, 2.75) is 26.3 Å². The number of nitrogens with zero attached hydrogens (tertiary/aromatic N) is 1. The highest BCUT2D eigenvalue weighted by Crippen LogP contribution is 2.05. The molecule has 1 aliphatic rings. The van der Waals surface area contributed by atoms with Gasteiger partial charge in [-0.25, -0.2) is 0 Å². The molecule has 14 heavy (non-hydrogen) atoms. The summed E-state index contributed by atoms with van der Waals surface area (Å²) in [6.45, 7) is 7.27. The van der Waals surface area contributed by atoms with Crippen molar-refractivity contribution in [2.75, 3.05) is 31.1 Å². The van der Waals surface area contributed by atoms with Gasteiger partial charge >= 0.3 is 0 Å². The highest BCUT2D eigenvalue weighted by molar-refractivity contribution is 7.85. The average Bonchev–Trinajstić information content (AvgIpc) is 2.31. The van der Waals surface area contributed by atoms with Crippen molar-refractivity contribution in [3.63, 3.8) is 0 Å². The Bertz CT molecular complexity index is 197. The van der Waals surface area contributed by atoms with Crippen LogP contribution in [-0.2, 0) is 10.8 Å². The molecular formula is C10H22N2OS. The predicted molar refractivity (Wildman–Crippen MR) is 61.7 cm³/mol. The number of hydrogen-bond donors (Lipinski definition) is 1. The maximum atomic E-state index is 11.3. The van der Waals surface area contributed by atoms with Crippen molar-refractivity contribution >= 4 is 10.8 Å². The number of rotatable bonds is 3. The Morgan fingerprint density at radius 3 is 2.71 bits per heavy atom.